The second-order valence-electron chi connectivity index (χ2n) is 4.12. The summed E-state index contributed by atoms with van der Waals surface area (Å²) in [6.45, 7) is 0.555. The number of anilines is 1. The molecule has 2 aromatic rings. The smallest absolute Gasteiger partial charge is 0.175 e. The van der Waals surface area contributed by atoms with Crippen LogP contribution in [0.1, 0.15) is 5.56 Å². The van der Waals surface area contributed by atoms with Crippen molar-refractivity contribution in [3.8, 4) is 0 Å². The summed E-state index contributed by atoms with van der Waals surface area (Å²) in [4.78, 5) is 4.22. The molecule has 0 aliphatic carbocycles. The van der Waals surface area contributed by atoms with E-state index in [9.17, 15) is 8.42 Å². The van der Waals surface area contributed by atoms with Crippen molar-refractivity contribution < 1.29 is 8.42 Å². The van der Waals surface area contributed by atoms with E-state index in [0.717, 1.165) is 11.3 Å². The van der Waals surface area contributed by atoms with Crippen LogP contribution >= 0.6 is 11.6 Å². The van der Waals surface area contributed by atoms with Crippen LogP contribution in [0, 0.1) is 0 Å². The number of hydrogen-bond donors (Lipinski definition) is 1. The molecule has 19 heavy (non-hydrogen) atoms. The van der Waals surface area contributed by atoms with Gasteiger partial charge in [-0.2, -0.15) is 0 Å². The largest absolute Gasteiger partial charge is 0.381 e. The molecule has 100 valence electrons. The molecule has 1 heterocycles. The number of pyridine rings is 1. The number of nitrogens with zero attached hydrogens (tertiary/aromatic N) is 1. The maximum absolute atomic E-state index is 11.3. The molecule has 1 aromatic heterocycles. The zero-order chi connectivity index (χ0) is 13.9. The number of nitrogens with one attached hydrogen (secondary N) is 1. The summed E-state index contributed by atoms with van der Waals surface area (Å²) in [7, 11) is -3.15. The number of sulfone groups is 1. The van der Waals surface area contributed by atoms with Crippen LogP contribution in [0.2, 0.25) is 5.02 Å². The third kappa shape index (κ3) is 3.68. The monoisotopic (exact) mass is 296 g/mol. The molecule has 0 aliphatic heterocycles. The van der Waals surface area contributed by atoms with E-state index in [2.05, 4.69) is 10.3 Å². The van der Waals surface area contributed by atoms with E-state index in [1.807, 2.05) is 6.07 Å². The summed E-state index contributed by atoms with van der Waals surface area (Å²) in [5.41, 5.74) is 1.77. The Morgan fingerprint density at radius 3 is 2.47 bits per heavy atom. The van der Waals surface area contributed by atoms with Gasteiger partial charge in [-0.3, -0.25) is 4.98 Å². The molecular weight excluding hydrogens is 284 g/mol. The summed E-state index contributed by atoms with van der Waals surface area (Å²) in [6, 6.07) is 8.44. The van der Waals surface area contributed by atoms with Crippen molar-refractivity contribution in [1.82, 2.24) is 4.98 Å². The van der Waals surface area contributed by atoms with Crippen LogP contribution in [0.3, 0.4) is 0 Å². The minimum atomic E-state index is -3.15. The Morgan fingerprint density at radius 1 is 1.21 bits per heavy atom. The quantitative estimate of drug-likeness (QED) is 0.942. The molecule has 0 saturated heterocycles. The molecule has 0 fully saturated rings. The maximum Gasteiger partial charge on any atom is 0.175 e. The van der Waals surface area contributed by atoms with Crippen LogP contribution in [0.25, 0.3) is 0 Å². The molecule has 0 aliphatic rings. The molecule has 1 aromatic carbocycles. The normalized spacial score (nSPS) is 11.3. The van der Waals surface area contributed by atoms with Crippen LogP contribution in [0.4, 0.5) is 5.69 Å². The molecule has 0 unspecified atom stereocenters. The number of aromatic nitrogens is 1. The van der Waals surface area contributed by atoms with Crippen molar-refractivity contribution in [2.45, 2.75) is 11.4 Å². The number of benzene rings is 1. The second-order valence-corrected chi connectivity index (χ2v) is 6.54. The van der Waals surface area contributed by atoms with Gasteiger partial charge >= 0.3 is 0 Å². The van der Waals surface area contributed by atoms with Gasteiger partial charge in [0.25, 0.3) is 0 Å². The first-order valence-electron chi connectivity index (χ1n) is 5.59. The van der Waals surface area contributed by atoms with Crippen LogP contribution < -0.4 is 5.32 Å². The molecule has 0 amide bonds. The fraction of sp³-hybridized carbons (Fsp3) is 0.154. The van der Waals surface area contributed by atoms with E-state index in [1.165, 1.54) is 6.26 Å². The van der Waals surface area contributed by atoms with Crippen molar-refractivity contribution in [2.75, 3.05) is 11.6 Å². The van der Waals surface area contributed by atoms with Gasteiger partial charge in [-0.1, -0.05) is 11.6 Å². The van der Waals surface area contributed by atoms with Crippen molar-refractivity contribution in [3.05, 3.63) is 53.3 Å². The first-order valence-corrected chi connectivity index (χ1v) is 7.86. The Bertz CT molecular complexity index is 669. The van der Waals surface area contributed by atoms with Gasteiger partial charge in [0.2, 0.25) is 0 Å². The third-order valence-corrected chi connectivity index (χ3v) is 4.09. The Morgan fingerprint density at radius 2 is 1.89 bits per heavy atom. The highest BCUT2D eigenvalue weighted by Gasteiger charge is 2.06. The molecular formula is C13H13ClN2O2S. The third-order valence-electron chi connectivity index (χ3n) is 2.62. The molecule has 0 spiro atoms. The lowest BCUT2D eigenvalue weighted by Gasteiger charge is -2.08. The first kappa shape index (κ1) is 13.8. The molecule has 4 nitrogen and oxygen atoms in total. The van der Waals surface area contributed by atoms with Crippen molar-refractivity contribution in [1.29, 1.82) is 0 Å². The number of halogens is 1. The topological polar surface area (TPSA) is 59.1 Å². The summed E-state index contributed by atoms with van der Waals surface area (Å²) in [5.74, 6) is 0. The zero-order valence-corrected chi connectivity index (χ0v) is 11.9. The fourth-order valence-corrected chi connectivity index (χ4v) is 2.38. The molecule has 0 saturated carbocycles. The number of hydrogen-bond acceptors (Lipinski definition) is 4. The summed E-state index contributed by atoms with van der Waals surface area (Å²) >= 11 is 5.99. The number of rotatable bonds is 4. The van der Waals surface area contributed by atoms with Gasteiger partial charge in [-0.05, 0) is 35.9 Å². The molecule has 1 N–H and O–H groups in total. The highest BCUT2D eigenvalue weighted by molar-refractivity contribution is 7.90. The standard InChI is InChI=1S/C13H13ClN2O2S/c1-19(17,18)12-4-2-11(3-5-12)16-8-10-6-7-15-9-13(10)14/h2-7,9,16H,8H2,1H3. The van der Waals surface area contributed by atoms with Crippen LogP contribution in [0.5, 0.6) is 0 Å². The van der Waals surface area contributed by atoms with Gasteiger partial charge in [0, 0.05) is 30.9 Å². The molecule has 2 rings (SSSR count). The van der Waals surface area contributed by atoms with Crippen molar-refractivity contribution in [2.24, 2.45) is 0 Å². The SMILES string of the molecule is CS(=O)(=O)c1ccc(NCc2ccncc2Cl)cc1. The zero-order valence-electron chi connectivity index (χ0n) is 10.3. The molecule has 0 radical (unpaired) electrons. The van der Waals surface area contributed by atoms with Crippen molar-refractivity contribution in [3.63, 3.8) is 0 Å². The lowest BCUT2D eigenvalue weighted by atomic mass is 10.2. The van der Waals surface area contributed by atoms with E-state index in [0.29, 0.717) is 16.5 Å². The van der Waals surface area contributed by atoms with Gasteiger partial charge in [0.15, 0.2) is 9.84 Å². The van der Waals surface area contributed by atoms with Crippen molar-refractivity contribution >= 4 is 27.1 Å². The predicted molar refractivity (Wildman–Crippen MR) is 76.1 cm³/mol. The highest BCUT2D eigenvalue weighted by atomic mass is 35.5. The van der Waals surface area contributed by atoms with Crippen LogP contribution in [-0.2, 0) is 16.4 Å². The maximum atomic E-state index is 11.3. The predicted octanol–water partition coefficient (Wildman–Crippen LogP) is 2.75. The highest BCUT2D eigenvalue weighted by Crippen LogP contribution is 2.17. The van der Waals surface area contributed by atoms with Crippen LogP contribution in [0.15, 0.2) is 47.6 Å². The van der Waals surface area contributed by atoms with E-state index < -0.39 is 9.84 Å². The Hall–Kier alpha value is -1.59. The minimum absolute atomic E-state index is 0.306. The van der Waals surface area contributed by atoms with Gasteiger partial charge in [0.1, 0.15) is 0 Å². The summed E-state index contributed by atoms with van der Waals surface area (Å²) in [5, 5.41) is 3.77. The molecule has 6 heteroatoms. The fourth-order valence-electron chi connectivity index (χ4n) is 1.56. The Balaban J connectivity index is 2.07. The van der Waals surface area contributed by atoms with E-state index in [1.54, 1.807) is 36.7 Å². The lowest BCUT2D eigenvalue weighted by Crippen LogP contribution is -2.01. The Kier molecular flexibility index (Phi) is 4.07. The second kappa shape index (κ2) is 5.59. The lowest BCUT2D eigenvalue weighted by molar-refractivity contribution is 0.602. The van der Waals surface area contributed by atoms with Crippen LogP contribution in [-0.4, -0.2) is 19.7 Å². The summed E-state index contributed by atoms with van der Waals surface area (Å²) in [6.07, 6.45) is 4.45. The average Bonchev–Trinajstić information content (AvgIpc) is 2.37. The van der Waals surface area contributed by atoms with Gasteiger partial charge in [-0.15, -0.1) is 0 Å². The Labute approximate surface area is 117 Å². The van der Waals surface area contributed by atoms with Gasteiger partial charge < -0.3 is 5.32 Å². The van der Waals surface area contributed by atoms with Gasteiger partial charge in [0.05, 0.1) is 9.92 Å². The average molecular weight is 297 g/mol. The van der Waals surface area contributed by atoms with E-state index in [-0.39, 0.29) is 0 Å². The molecule has 0 bridgehead atoms. The molecule has 0 atom stereocenters. The van der Waals surface area contributed by atoms with Gasteiger partial charge in [-0.25, -0.2) is 8.42 Å². The van der Waals surface area contributed by atoms with E-state index in [4.69, 9.17) is 11.6 Å². The summed E-state index contributed by atoms with van der Waals surface area (Å²) < 4.78 is 22.6. The van der Waals surface area contributed by atoms with E-state index >= 15 is 0 Å². The first-order chi connectivity index (χ1) is 8.97. The minimum Gasteiger partial charge on any atom is -0.381 e.